The van der Waals surface area contributed by atoms with Crippen molar-refractivity contribution >= 4 is 48.8 Å². The van der Waals surface area contributed by atoms with Crippen LogP contribution in [0.2, 0.25) is 0 Å². The zero-order valence-corrected chi connectivity index (χ0v) is 12.6. The van der Waals surface area contributed by atoms with Crippen LogP contribution in [0.25, 0.3) is 3.58 Å². The van der Waals surface area contributed by atoms with Gasteiger partial charge in [0.15, 0.2) is 0 Å². The molecule has 0 aromatic heterocycles. The predicted octanol–water partition coefficient (Wildman–Crippen LogP) is 5.20. The lowest BCUT2D eigenvalue weighted by Gasteiger charge is -2.02. The van der Waals surface area contributed by atoms with E-state index in [1.807, 2.05) is 0 Å². The summed E-state index contributed by atoms with van der Waals surface area (Å²) < 4.78 is 3.42. The summed E-state index contributed by atoms with van der Waals surface area (Å²) in [4.78, 5) is 0. The average Bonchev–Trinajstić information content (AvgIpc) is 2.26. The van der Waals surface area contributed by atoms with Crippen LogP contribution in [0, 0.1) is 0 Å². The van der Waals surface area contributed by atoms with Crippen molar-refractivity contribution in [2.45, 2.75) is 26.2 Å². The first-order valence-electron chi connectivity index (χ1n) is 4.83. The van der Waals surface area contributed by atoms with E-state index in [4.69, 9.17) is 0 Å². The first-order chi connectivity index (χ1) is 6.77. The third-order valence-corrected chi connectivity index (χ3v) is 4.89. The second kappa shape index (κ2) is 6.82. The van der Waals surface area contributed by atoms with Gasteiger partial charge in [-0.25, -0.2) is 0 Å². The highest BCUT2D eigenvalue weighted by atomic mass is 127. The van der Waals surface area contributed by atoms with Gasteiger partial charge in [-0.05, 0) is 50.6 Å². The number of benzene rings is 1. The summed E-state index contributed by atoms with van der Waals surface area (Å²) in [5.41, 5.74) is 2.77. The molecule has 0 nitrogen and oxygen atoms in total. The molecule has 0 N–H and O–H groups in total. The van der Waals surface area contributed by atoms with E-state index in [1.165, 1.54) is 34.0 Å². The number of rotatable bonds is 4. The largest absolute Gasteiger partial charge is 0.0654 e. The van der Waals surface area contributed by atoms with Crippen molar-refractivity contribution in [1.29, 1.82) is 0 Å². The third-order valence-electron chi connectivity index (χ3n) is 2.14. The summed E-state index contributed by atoms with van der Waals surface area (Å²) in [5, 5.41) is 0. The molecular formula is C12H14I2. The highest BCUT2D eigenvalue weighted by Crippen LogP contribution is 2.23. The van der Waals surface area contributed by atoms with Crippen molar-refractivity contribution in [1.82, 2.24) is 0 Å². The second-order valence-electron chi connectivity index (χ2n) is 3.26. The molecule has 14 heavy (non-hydrogen) atoms. The molecule has 76 valence electrons. The van der Waals surface area contributed by atoms with E-state index in [2.05, 4.69) is 80.5 Å². The lowest BCUT2D eigenvalue weighted by atomic mass is 10.1. The summed E-state index contributed by atoms with van der Waals surface area (Å²) >= 11 is 4.64. The van der Waals surface area contributed by atoms with Crippen LogP contribution in [-0.4, -0.2) is 0 Å². The minimum Gasteiger partial charge on any atom is -0.0654 e. The van der Waals surface area contributed by atoms with Crippen LogP contribution < -0.4 is 0 Å². The van der Waals surface area contributed by atoms with Crippen LogP contribution in [0.4, 0.5) is 0 Å². The highest BCUT2D eigenvalue weighted by molar-refractivity contribution is 14.1. The van der Waals surface area contributed by atoms with Gasteiger partial charge >= 0.3 is 0 Å². The standard InChI is InChI=1S/C12H14I2/c1-2-3-4-10-5-7-11(8-6-10)12(14)9-13/h5-9H,2-4H2,1H3/b12-9+. The fraction of sp³-hybridized carbons (Fsp3) is 0.333. The fourth-order valence-corrected chi connectivity index (χ4v) is 1.99. The van der Waals surface area contributed by atoms with Crippen LogP contribution in [-0.2, 0) is 6.42 Å². The minimum atomic E-state index is 1.21. The van der Waals surface area contributed by atoms with E-state index in [0.29, 0.717) is 0 Å². The Balaban J connectivity index is 2.68. The van der Waals surface area contributed by atoms with Gasteiger partial charge < -0.3 is 0 Å². The van der Waals surface area contributed by atoms with Crippen LogP contribution >= 0.6 is 45.2 Å². The molecule has 0 saturated carbocycles. The highest BCUT2D eigenvalue weighted by Gasteiger charge is 1.96. The molecule has 0 radical (unpaired) electrons. The molecule has 0 aliphatic rings. The van der Waals surface area contributed by atoms with E-state index in [0.717, 1.165) is 0 Å². The Kier molecular flexibility index (Phi) is 6.09. The zero-order valence-electron chi connectivity index (χ0n) is 8.26. The molecule has 0 aliphatic carbocycles. The second-order valence-corrected chi connectivity index (χ2v) is 5.04. The molecular weight excluding hydrogens is 398 g/mol. The van der Waals surface area contributed by atoms with Gasteiger partial charge in [0.25, 0.3) is 0 Å². The maximum absolute atomic E-state index is 2.37. The van der Waals surface area contributed by atoms with Crippen LogP contribution in [0.1, 0.15) is 30.9 Å². The lowest BCUT2D eigenvalue weighted by molar-refractivity contribution is 0.795. The normalized spacial score (nSPS) is 11.8. The fourth-order valence-electron chi connectivity index (χ4n) is 1.27. The van der Waals surface area contributed by atoms with Gasteiger partial charge in [0.05, 0.1) is 0 Å². The van der Waals surface area contributed by atoms with Gasteiger partial charge in [0, 0.05) is 3.58 Å². The summed E-state index contributed by atoms with van der Waals surface area (Å²) in [6.45, 7) is 2.23. The predicted molar refractivity (Wildman–Crippen MR) is 81.1 cm³/mol. The Morgan fingerprint density at radius 1 is 1.29 bits per heavy atom. The Labute approximate surface area is 113 Å². The maximum atomic E-state index is 2.37. The Morgan fingerprint density at radius 2 is 1.93 bits per heavy atom. The molecule has 0 bridgehead atoms. The number of hydrogen-bond donors (Lipinski definition) is 0. The van der Waals surface area contributed by atoms with E-state index >= 15 is 0 Å². The van der Waals surface area contributed by atoms with Gasteiger partial charge in [-0.2, -0.15) is 0 Å². The molecule has 0 fully saturated rings. The molecule has 0 saturated heterocycles. The Bertz CT molecular complexity index is 299. The van der Waals surface area contributed by atoms with Crippen molar-refractivity contribution in [3.05, 3.63) is 39.5 Å². The van der Waals surface area contributed by atoms with Crippen molar-refractivity contribution in [2.75, 3.05) is 0 Å². The van der Waals surface area contributed by atoms with Gasteiger partial charge in [0.1, 0.15) is 0 Å². The topological polar surface area (TPSA) is 0 Å². The Morgan fingerprint density at radius 3 is 2.43 bits per heavy atom. The summed E-state index contributed by atoms with van der Waals surface area (Å²) in [7, 11) is 0. The number of unbranched alkanes of at least 4 members (excludes halogenated alkanes) is 1. The van der Waals surface area contributed by atoms with Crippen LogP contribution in [0.15, 0.2) is 28.3 Å². The van der Waals surface area contributed by atoms with Crippen molar-refractivity contribution < 1.29 is 0 Å². The SMILES string of the molecule is CCCCc1ccc(/C(I)=C\I)cc1. The number of halogens is 2. The Hall–Kier alpha value is 0.420. The third kappa shape index (κ3) is 3.88. The van der Waals surface area contributed by atoms with E-state index in [9.17, 15) is 0 Å². The lowest BCUT2D eigenvalue weighted by Crippen LogP contribution is -1.84. The number of aryl methyl sites for hydroxylation is 1. The molecule has 0 aliphatic heterocycles. The summed E-state index contributed by atoms with van der Waals surface area (Å²) in [6.07, 6.45) is 3.77. The molecule has 0 amide bonds. The summed E-state index contributed by atoms with van der Waals surface area (Å²) in [6, 6.07) is 8.90. The summed E-state index contributed by atoms with van der Waals surface area (Å²) in [5.74, 6) is 0. The van der Waals surface area contributed by atoms with E-state index in [1.54, 1.807) is 0 Å². The van der Waals surface area contributed by atoms with Crippen LogP contribution in [0.5, 0.6) is 0 Å². The zero-order chi connectivity index (χ0) is 10.4. The molecule has 1 aromatic carbocycles. The van der Waals surface area contributed by atoms with E-state index in [-0.39, 0.29) is 0 Å². The van der Waals surface area contributed by atoms with Gasteiger partial charge in [-0.15, -0.1) is 0 Å². The quantitative estimate of drug-likeness (QED) is 0.597. The average molecular weight is 412 g/mol. The van der Waals surface area contributed by atoms with Crippen molar-refractivity contribution in [3.8, 4) is 0 Å². The first kappa shape index (κ1) is 12.5. The minimum absolute atomic E-state index is 1.21. The molecule has 2 heteroatoms. The molecule has 1 rings (SSSR count). The van der Waals surface area contributed by atoms with Crippen LogP contribution in [0.3, 0.4) is 0 Å². The first-order valence-corrected chi connectivity index (χ1v) is 7.15. The monoisotopic (exact) mass is 412 g/mol. The maximum Gasteiger partial charge on any atom is 0.0263 e. The van der Waals surface area contributed by atoms with Crippen molar-refractivity contribution in [3.63, 3.8) is 0 Å². The van der Waals surface area contributed by atoms with Gasteiger partial charge in [-0.3, -0.25) is 0 Å². The molecule has 0 atom stereocenters. The van der Waals surface area contributed by atoms with Gasteiger partial charge in [0.2, 0.25) is 0 Å². The molecule has 0 unspecified atom stereocenters. The molecule has 0 spiro atoms. The molecule has 1 aromatic rings. The van der Waals surface area contributed by atoms with Crippen molar-refractivity contribution in [2.24, 2.45) is 0 Å². The number of hydrogen-bond acceptors (Lipinski definition) is 0. The molecule has 0 heterocycles. The van der Waals surface area contributed by atoms with Gasteiger partial charge in [-0.1, -0.05) is 60.2 Å². The van der Waals surface area contributed by atoms with E-state index < -0.39 is 0 Å². The smallest absolute Gasteiger partial charge is 0.0263 e.